The fourth-order valence-corrected chi connectivity index (χ4v) is 3.63. The van der Waals surface area contributed by atoms with Crippen molar-refractivity contribution in [1.82, 2.24) is 10.3 Å². The maximum Gasteiger partial charge on any atom is 0.185 e. The molecule has 1 aliphatic heterocycles. The number of nitrogens with one attached hydrogen (secondary N) is 1. The summed E-state index contributed by atoms with van der Waals surface area (Å²) in [6.45, 7) is 11.7. The van der Waals surface area contributed by atoms with Gasteiger partial charge >= 0.3 is 0 Å². The van der Waals surface area contributed by atoms with E-state index in [4.69, 9.17) is 9.72 Å². The van der Waals surface area contributed by atoms with Crippen LogP contribution in [-0.4, -0.2) is 38.3 Å². The molecule has 5 heteroatoms. The molecule has 1 unspecified atom stereocenters. The number of methoxy groups -OCH3 is 1. The Kier molecular flexibility index (Phi) is 5.81. The van der Waals surface area contributed by atoms with Crippen LogP contribution in [0.25, 0.3) is 0 Å². The van der Waals surface area contributed by atoms with Gasteiger partial charge in [0.1, 0.15) is 0 Å². The minimum Gasteiger partial charge on any atom is -0.384 e. The fraction of sp³-hybridized carbons (Fsp3) is 0.800. The lowest BCUT2D eigenvalue weighted by Crippen LogP contribution is -2.20. The van der Waals surface area contributed by atoms with Gasteiger partial charge in [0, 0.05) is 37.5 Å². The van der Waals surface area contributed by atoms with Crippen molar-refractivity contribution in [1.29, 1.82) is 0 Å². The van der Waals surface area contributed by atoms with Crippen LogP contribution in [0.2, 0.25) is 0 Å². The quantitative estimate of drug-likeness (QED) is 0.839. The molecule has 0 saturated carbocycles. The monoisotopic (exact) mass is 297 g/mol. The van der Waals surface area contributed by atoms with Gasteiger partial charge in [-0.05, 0) is 25.8 Å². The first-order valence-electron chi connectivity index (χ1n) is 7.51. The van der Waals surface area contributed by atoms with Crippen LogP contribution in [0, 0.1) is 18.8 Å². The smallest absolute Gasteiger partial charge is 0.185 e. The minimum absolute atomic E-state index is 0.659. The molecule has 1 atom stereocenters. The fourth-order valence-electron chi connectivity index (χ4n) is 2.56. The molecule has 0 aromatic carbocycles. The number of hydrogen-bond donors (Lipinski definition) is 1. The molecular formula is C15H27N3OS. The van der Waals surface area contributed by atoms with Crippen LogP contribution in [0.1, 0.15) is 30.8 Å². The molecule has 0 spiro atoms. The van der Waals surface area contributed by atoms with Crippen LogP contribution in [0.5, 0.6) is 0 Å². The second kappa shape index (κ2) is 7.38. The van der Waals surface area contributed by atoms with E-state index in [9.17, 15) is 0 Å². The number of ether oxygens (including phenoxy) is 1. The van der Waals surface area contributed by atoms with Crippen LogP contribution in [0.4, 0.5) is 5.13 Å². The molecular weight excluding hydrogens is 270 g/mol. The summed E-state index contributed by atoms with van der Waals surface area (Å²) < 4.78 is 5.26. The predicted octanol–water partition coefficient (Wildman–Crippen LogP) is 2.67. The molecule has 0 radical (unpaired) electrons. The molecule has 1 aromatic heterocycles. The molecule has 2 heterocycles. The highest BCUT2D eigenvalue weighted by Gasteiger charge is 2.25. The van der Waals surface area contributed by atoms with Crippen LogP contribution in [0.15, 0.2) is 0 Å². The summed E-state index contributed by atoms with van der Waals surface area (Å²) in [7, 11) is 1.79. The van der Waals surface area contributed by atoms with Gasteiger partial charge in [0.2, 0.25) is 0 Å². The molecule has 2 rings (SSSR count). The SMILES string of the molecule is COCC1CCN(c2nc(C)c(CNCC(C)C)s2)C1. The van der Waals surface area contributed by atoms with Crippen molar-refractivity contribution in [2.24, 2.45) is 11.8 Å². The molecule has 0 amide bonds. The van der Waals surface area contributed by atoms with Gasteiger partial charge in [0.25, 0.3) is 0 Å². The second-order valence-corrected chi connectivity index (χ2v) is 7.15. The summed E-state index contributed by atoms with van der Waals surface area (Å²) in [6.07, 6.45) is 1.22. The van der Waals surface area contributed by atoms with Crippen molar-refractivity contribution in [2.75, 3.05) is 38.3 Å². The van der Waals surface area contributed by atoms with E-state index in [-0.39, 0.29) is 0 Å². The Hall–Kier alpha value is -0.650. The lowest BCUT2D eigenvalue weighted by atomic mass is 10.1. The van der Waals surface area contributed by atoms with E-state index in [1.54, 1.807) is 7.11 Å². The standard InChI is InChI=1S/C15H27N3OS/c1-11(2)7-16-8-14-12(3)17-15(20-14)18-6-5-13(9-18)10-19-4/h11,13,16H,5-10H2,1-4H3. The number of hydrogen-bond acceptors (Lipinski definition) is 5. The number of aromatic nitrogens is 1. The molecule has 1 saturated heterocycles. The Morgan fingerprint density at radius 2 is 2.30 bits per heavy atom. The molecule has 20 heavy (non-hydrogen) atoms. The third-order valence-electron chi connectivity index (χ3n) is 3.68. The molecule has 1 N–H and O–H groups in total. The molecule has 1 fully saturated rings. The maximum atomic E-state index is 5.26. The number of nitrogens with zero attached hydrogens (tertiary/aromatic N) is 2. The van der Waals surface area contributed by atoms with Gasteiger partial charge in [-0.1, -0.05) is 13.8 Å². The number of thiazole rings is 1. The van der Waals surface area contributed by atoms with E-state index < -0.39 is 0 Å². The van der Waals surface area contributed by atoms with Crippen LogP contribution >= 0.6 is 11.3 Å². The summed E-state index contributed by atoms with van der Waals surface area (Å²) >= 11 is 1.84. The first-order chi connectivity index (χ1) is 9.60. The summed E-state index contributed by atoms with van der Waals surface area (Å²) in [4.78, 5) is 8.53. The number of aryl methyl sites for hydroxylation is 1. The van der Waals surface area contributed by atoms with Crippen molar-refractivity contribution in [3.63, 3.8) is 0 Å². The van der Waals surface area contributed by atoms with Crippen molar-refractivity contribution < 1.29 is 4.74 Å². The highest BCUT2D eigenvalue weighted by Crippen LogP contribution is 2.30. The Balaban J connectivity index is 1.90. The molecule has 0 bridgehead atoms. The Bertz CT molecular complexity index is 419. The average Bonchev–Trinajstić information content (AvgIpc) is 2.97. The van der Waals surface area contributed by atoms with E-state index >= 15 is 0 Å². The lowest BCUT2D eigenvalue weighted by molar-refractivity contribution is 0.161. The van der Waals surface area contributed by atoms with Gasteiger partial charge in [-0.25, -0.2) is 4.98 Å². The van der Waals surface area contributed by atoms with E-state index in [1.807, 2.05) is 11.3 Å². The lowest BCUT2D eigenvalue weighted by Gasteiger charge is -2.14. The molecule has 0 aliphatic carbocycles. The van der Waals surface area contributed by atoms with Crippen LogP contribution < -0.4 is 10.2 Å². The molecule has 114 valence electrons. The Morgan fingerprint density at radius 3 is 3.00 bits per heavy atom. The normalized spacial score (nSPS) is 19.2. The first kappa shape index (κ1) is 15.7. The van der Waals surface area contributed by atoms with E-state index in [2.05, 4.69) is 31.0 Å². The molecule has 1 aromatic rings. The predicted molar refractivity (Wildman–Crippen MR) is 85.6 cm³/mol. The minimum atomic E-state index is 0.659. The topological polar surface area (TPSA) is 37.4 Å². The third kappa shape index (κ3) is 4.17. The van der Waals surface area contributed by atoms with Gasteiger partial charge in [0.05, 0.1) is 12.3 Å². The number of anilines is 1. The van der Waals surface area contributed by atoms with E-state index in [0.29, 0.717) is 11.8 Å². The molecule has 4 nitrogen and oxygen atoms in total. The van der Waals surface area contributed by atoms with Crippen LogP contribution in [0.3, 0.4) is 0 Å². The summed E-state index contributed by atoms with van der Waals surface area (Å²) in [5.74, 6) is 1.35. The largest absolute Gasteiger partial charge is 0.384 e. The Labute approximate surface area is 126 Å². The highest BCUT2D eigenvalue weighted by molar-refractivity contribution is 7.15. The van der Waals surface area contributed by atoms with Gasteiger partial charge < -0.3 is 15.0 Å². The second-order valence-electron chi connectivity index (χ2n) is 6.09. The zero-order chi connectivity index (χ0) is 14.5. The zero-order valence-corrected chi connectivity index (χ0v) is 13.9. The van der Waals surface area contributed by atoms with Gasteiger partial charge in [-0.3, -0.25) is 0 Å². The van der Waals surface area contributed by atoms with Gasteiger partial charge in [-0.15, -0.1) is 11.3 Å². The zero-order valence-electron chi connectivity index (χ0n) is 13.1. The van der Waals surface area contributed by atoms with E-state index in [0.717, 1.165) is 32.8 Å². The first-order valence-corrected chi connectivity index (χ1v) is 8.32. The van der Waals surface area contributed by atoms with Crippen molar-refractivity contribution >= 4 is 16.5 Å². The Morgan fingerprint density at radius 1 is 1.50 bits per heavy atom. The third-order valence-corrected chi connectivity index (χ3v) is 4.90. The van der Waals surface area contributed by atoms with Crippen molar-refractivity contribution in [2.45, 2.75) is 33.7 Å². The highest BCUT2D eigenvalue weighted by atomic mass is 32.1. The van der Waals surface area contributed by atoms with Crippen LogP contribution in [-0.2, 0) is 11.3 Å². The van der Waals surface area contributed by atoms with Gasteiger partial charge in [0.15, 0.2) is 5.13 Å². The molecule has 1 aliphatic rings. The van der Waals surface area contributed by atoms with Crippen molar-refractivity contribution in [3.05, 3.63) is 10.6 Å². The average molecular weight is 297 g/mol. The van der Waals surface area contributed by atoms with Crippen molar-refractivity contribution in [3.8, 4) is 0 Å². The summed E-state index contributed by atoms with van der Waals surface area (Å²) in [6, 6.07) is 0. The summed E-state index contributed by atoms with van der Waals surface area (Å²) in [5, 5.41) is 4.69. The van der Waals surface area contributed by atoms with E-state index in [1.165, 1.54) is 22.1 Å². The number of rotatable bonds is 7. The maximum absolute atomic E-state index is 5.26. The summed E-state index contributed by atoms with van der Waals surface area (Å²) in [5.41, 5.74) is 1.18. The van der Waals surface area contributed by atoms with Gasteiger partial charge in [-0.2, -0.15) is 0 Å².